The minimum atomic E-state index is -0.549. The van der Waals surface area contributed by atoms with Gasteiger partial charge in [-0.1, -0.05) is 35.9 Å². The number of carbonyl (C=O) groups is 2. The van der Waals surface area contributed by atoms with E-state index >= 15 is 0 Å². The fourth-order valence-electron chi connectivity index (χ4n) is 3.93. The third-order valence-corrected chi connectivity index (χ3v) is 5.70. The second-order valence-electron chi connectivity index (χ2n) is 8.00. The minimum Gasteiger partial charge on any atom is -0.368 e. The second-order valence-corrected chi connectivity index (χ2v) is 8.00. The molecular formula is C25H27N5O2. The summed E-state index contributed by atoms with van der Waals surface area (Å²) in [5.74, 6) is -0.812. The van der Waals surface area contributed by atoms with Gasteiger partial charge in [-0.2, -0.15) is 0 Å². The molecule has 4 rings (SSSR count). The molecule has 4 N–H and O–H groups in total. The predicted octanol–water partition coefficient (Wildman–Crippen LogP) is 2.57. The minimum absolute atomic E-state index is 0.146. The van der Waals surface area contributed by atoms with Gasteiger partial charge in [0.05, 0.1) is 5.56 Å². The van der Waals surface area contributed by atoms with Gasteiger partial charge in [0.25, 0.3) is 11.8 Å². The molecule has 1 saturated heterocycles. The fraction of sp³-hybridized carbons (Fsp3) is 0.240. The molecule has 0 radical (unpaired) electrons. The summed E-state index contributed by atoms with van der Waals surface area (Å²) in [7, 11) is 0. The number of rotatable bonds is 6. The van der Waals surface area contributed by atoms with Gasteiger partial charge >= 0.3 is 0 Å². The van der Waals surface area contributed by atoms with Gasteiger partial charge < -0.3 is 21.3 Å². The molecule has 0 aliphatic carbocycles. The van der Waals surface area contributed by atoms with Crippen LogP contribution < -0.4 is 21.3 Å². The SMILES string of the molecule is Cc1ccc(C2CN(c3ccc(C(=O)NCc4cccnc4)cc3C(N)=O)CCN2)cc1. The van der Waals surface area contributed by atoms with Gasteiger partial charge in [0, 0.05) is 55.9 Å². The maximum Gasteiger partial charge on any atom is 0.251 e. The van der Waals surface area contributed by atoms with Crippen molar-refractivity contribution in [1.29, 1.82) is 0 Å². The Morgan fingerprint density at radius 2 is 2.00 bits per heavy atom. The molecule has 0 saturated carbocycles. The van der Waals surface area contributed by atoms with Crippen LogP contribution in [0.15, 0.2) is 67.0 Å². The van der Waals surface area contributed by atoms with Crippen molar-refractivity contribution < 1.29 is 9.59 Å². The summed E-state index contributed by atoms with van der Waals surface area (Å²) in [4.78, 5) is 31.1. The number of primary amides is 1. The first-order chi connectivity index (χ1) is 15.5. The van der Waals surface area contributed by atoms with Gasteiger partial charge in [0.15, 0.2) is 0 Å². The monoisotopic (exact) mass is 429 g/mol. The Bertz CT molecular complexity index is 1100. The van der Waals surface area contributed by atoms with Gasteiger partial charge in [-0.3, -0.25) is 14.6 Å². The highest BCUT2D eigenvalue weighted by Gasteiger charge is 2.24. The normalized spacial score (nSPS) is 15.9. The van der Waals surface area contributed by atoms with E-state index in [0.717, 1.165) is 24.3 Å². The standard InChI is InChI=1S/C25H27N5O2/c1-17-4-6-19(7-5-17)22-16-30(12-11-28-22)23-9-8-20(13-21(23)24(26)31)25(32)29-15-18-3-2-10-27-14-18/h2-10,13-14,22,28H,11-12,15-16H2,1H3,(H2,26,31)(H,29,32). The number of benzene rings is 2. The highest BCUT2D eigenvalue weighted by atomic mass is 16.2. The van der Waals surface area contributed by atoms with E-state index in [9.17, 15) is 9.59 Å². The van der Waals surface area contributed by atoms with Crippen molar-refractivity contribution in [3.8, 4) is 0 Å². The van der Waals surface area contributed by atoms with Crippen LogP contribution in [0.25, 0.3) is 0 Å². The lowest BCUT2D eigenvalue weighted by Crippen LogP contribution is -2.46. The smallest absolute Gasteiger partial charge is 0.251 e. The van der Waals surface area contributed by atoms with Crippen molar-refractivity contribution >= 4 is 17.5 Å². The van der Waals surface area contributed by atoms with Crippen molar-refractivity contribution in [2.45, 2.75) is 19.5 Å². The molecular weight excluding hydrogens is 402 g/mol. The number of nitrogens with two attached hydrogens (primary N) is 1. The topological polar surface area (TPSA) is 100 Å². The highest BCUT2D eigenvalue weighted by molar-refractivity contribution is 6.03. The molecule has 7 nitrogen and oxygen atoms in total. The van der Waals surface area contributed by atoms with Gasteiger partial charge in [-0.25, -0.2) is 0 Å². The van der Waals surface area contributed by atoms with Crippen LogP contribution in [-0.4, -0.2) is 36.4 Å². The Morgan fingerprint density at radius 3 is 2.72 bits per heavy atom. The van der Waals surface area contributed by atoms with E-state index < -0.39 is 5.91 Å². The Hall–Kier alpha value is -3.71. The maximum atomic E-state index is 12.6. The van der Waals surface area contributed by atoms with Crippen LogP contribution in [0, 0.1) is 6.92 Å². The first kappa shape index (κ1) is 21.5. The highest BCUT2D eigenvalue weighted by Crippen LogP contribution is 2.27. The lowest BCUT2D eigenvalue weighted by Gasteiger charge is -2.36. The summed E-state index contributed by atoms with van der Waals surface area (Å²) >= 11 is 0. The average Bonchev–Trinajstić information content (AvgIpc) is 2.83. The van der Waals surface area contributed by atoms with Crippen LogP contribution in [0.3, 0.4) is 0 Å². The zero-order valence-corrected chi connectivity index (χ0v) is 18.0. The van der Waals surface area contributed by atoms with Crippen molar-refractivity contribution in [3.63, 3.8) is 0 Å². The zero-order valence-electron chi connectivity index (χ0n) is 18.0. The summed E-state index contributed by atoms with van der Waals surface area (Å²) in [6.07, 6.45) is 3.38. The van der Waals surface area contributed by atoms with Crippen LogP contribution in [0.5, 0.6) is 0 Å². The number of aryl methyl sites for hydroxylation is 1. The summed E-state index contributed by atoms with van der Waals surface area (Å²) < 4.78 is 0. The molecule has 0 bridgehead atoms. The van der Waals surface area contributed by atoms with Gasteiger partial charge in [0.1, 0.15) is 0 Å². The number of pyridine rings is 1. The molecule has 164 valence electrons. The molecule has 0 spiro atoms. The number of carbonyl (C=O) groups excluding carboxylic acids is 2. The second kappa shape index (κ2) is 9.62. The number of amides is 2. The summed E-state index contributed by atoms with van der Waals surface area (Å²) in [5, 5.41) is 6.40. The fourth-order valence-corrected chi connectivity index (χ4v) is 3.93. The Kier molecular flexibility index (Phi) is 6.47. The van der Waals surface area contributed by atoms with E-state index in [1.807, 2.05) is 18.2 Å². The Balaban J connectivity index is 1.51. The number of hydrogen-bond acceptors (Lipinski definition) is 5. The van der Waals surface area contributed by atoms with Crippen LogP contribution in [0.4, 0.5) is 5.69 Å². The number of piperazine rings is 1. The molecule has 1 aliphatic heterocycles. The largest absolute Gasteiger partial charge is 0.368 e. The number of anilines is 1. The lowest BCUT2D eigenvalue weighted by molar-refractivity contribution is 0.0951. The van der Waals surface area contributed by atoms with Crippen LogP contribution in [-0.2, 0) is 6.54 Å². The first-order valence-corrected chi connectivity index (χ1v) is 10.7. The molecule has 1 aliphatic rings. The quantitative estimate of drug-likeness (QED) is 0.559. The average molecular weight is 430 g/mol. The molecule has 32 heavy (non-hydrogen) atoms. The van der Waals surface area contributed by atoms with Crippen molar-refractivity contribution in [2.75, 3.05) is 24.5 Å². The molecule has 1 fully saturated rings. The summed E-state index contributed by atoms with van der Waals surface area (Å²) in [5.41, 5.74) is 10.5. The number of nitrogens with one attached hydrogen (secondary N) is 2. The van der Waals surface area contributed by atoms with Crippen molar-refractivity contribution in [2.24, 2.45) is 5.73 Å². The molecule has 3 aromatic rings. The molecule has 2 heterocycles. The number of hydrogen-bond donors (Lipinski definition) is 3. The summed E-state index contributed by atoms with van der Waals surface area (Å²) in [6.45, 7) is 4.66. The Labute approximate surface area is 187 Å². The van der Waals surface area contributed by atoms with Crippen LogP contribution >= 0.6 is 0 Å². The van der Waals surface area contributed by atoms with Crippen molar-refractivity contribution in [1.82, 2.24) is 15.6 Å². The Morgan fingerprint density at radius 1 is 1.19 bits per heavy atom. The predicted molar refractivity (Wildman–Crippen MR) is 125 cm³/mol. The third-order valence-electron chi connectivity index (χ3n) is 5.70. The summed E-state index contributed by atoms with van der Waals surface area (Å²) in [6, 6.07) is 17.4. The van der Waals surface area contributed by atoms with E-state index in [2.05, 4.69) is 51.7 Å². The molecule has 1 atom stereocenters. The van der Waals surface area contributed by atoms with Crippen molar-refractivity contribution in [3.05, 3.63) is 94.8 Å². The molecule has 1 aromatic heterocycles. The molecule has 2 aromatic carbocycles. The lowest BCUT2D eigenvalue weighted by atomic mass is 10.0. The van der Waals surface area contributed by atoms with E-state index in [1.54, 1.807) is 24.5 Å². The maximum absolute atomic E-state index is 12.6. The van der Waals surface area contributed by atoms with Crippen LogP contribution in [0.2, 0.25) is 0 Å². The number of aromatic nitrogens is 1. The van der Waals surface area contributed by atoms with Gasteiger partial charge in [-0.15, -0.1) is 0 Å². The van der Waals surface area contributed by atoms with E-state index in [4.69, 9.17) is 5.73 Å². The molecule has 7 heteroatoms. The first-order valence-electron chi connectivity index (χ1n) is 10.7. The van der Waals surface area contributed by atoms with Crippen LogP contribution in [0.1, 0.15) is 43.4 Å². The van der Waals surface area contributed by atoms with Gasteiger partial charge in [0.2, 0.25) is 0 Å². The molecule has 1 unspecified atom stereocenters. The van der Waals surface area contributed by atoms with E-state index in [1.165, 1.54) is 11.1 Å². The number of nitrogens with zero attached hydrogens (tertiary/aromatic N) is 2. The molecule has 2 amide bonds. The van der Waals surface area contributed by atoms with Gasteiger partial charge in [-0.05, 0) is 42.3 Å². The van der Waals surface area contributed by atoms with E-state index in [0.29, 0.717) is 24.2 Å². The third kappa shape index (κ3) is 4.95. The van der Waals surface area contributed by atoms with E-state index in [-0.39, 0.29) is 11.9 Å². The zero-order chi connectivity index (χ0) is 22.5.